The number of nitrogens with two attached hydrogens (primary N) is 1. The molecule has 2 heterocycles. The molecule has 3 N–H and O–H groups in total. The zero-order chi connectivity index (χ0) is 23.0. The molecular weight excluding hydrogens is 411 g/mol. The van der Waals surface area contributed by atoms with E-state index in [2.05, 4.69) is 13.8 Å². The molecule has 1 saturated carbocycles. The van der Waals surface area contributed by atoms with Crippen molar-refractivity contribution in [3.63, 3.8) is 0 Å². The van der Waals surface area contributed by atoms with Crippen molar-refractivity contribution in [2.75, 3.05) is 24.7 Å². The highest BCUT2D eigenvalue weighted by atomic mass is 19.1. The predicted octanol–water partition coefficient (Wildman–Crippen LogP) is 3.58. The number of rotatable bonds is 4. The lowest BCUT2D eigenvalue weighted by Gasteiger charge is -2.24. The Morgan fingerprint density at radius 3 is 2.42 bits per heavy atom. The van der Waals surface area contributed by atoms with Crippen molar-refractivity contribution in [1.29, 1.82) is 0 Å². The molecule has 1 aliphatic heterocycles. The van der Waals surface area contributed by atoms with Crippen LogP contribution in [0.4, 0.5) is 18.9 Å². The zero-order valence-electron chi connectivity index (χ0n) is 17.9. The Hall–Kier alpha value is -2.55. The van der Waals surface area contributed by atoms with Gasteiger partial charge in [0.25, 0.3) is 0 Å². The van der Waals surface area contributed by atoms with Crippen molar-refractivity contribution < 1.29 is 23.1 Å². The number of aryl methyl sites for hydroxylation is 1. The Labute approximate surface area is 178 Å². The Kier molecular flexibility index (Phi) is 6.64. The third-order valence-corrected chi connectivity index (χ3v) is 5.75. The van der Waals surface area contributed by atoms with Gasteiger partial charge in [-0.15, -0.1) is 0 Å². The van der Waals surface area contributed by atoms with Crippen LogP contribution in [0.25, 0.3) is 10.9 Å². The Balaban J connectivity index is 0.000000858. The smallest absolute Gasteiger partial charge is 0.341 e. The molecule has 1 aliphatic carbocycles. The standard InChI is InChI=1S/C19H20F3N3O3.C3H8/c1-8-16-10(2-13(22)17(8)24-5-9(4-20)14(23)7-24)18(26)11(19(27)28)6-25(16)15-3-12(15)21;1-3-2/h2,6,9,12,14-15H,3-5,7,23H2,1H3,(H,27,28);3H2,1-2H3. The van der Waals surface area contributed by atoms with E-state index in [9.17, 15) is 27.9 Å². The quantitative estimate of drug-likeness (QED) is 0.760. The molecule has 2 fully saturated rings. The number of carbonyl (C=O) groups is 1. The summed E-state index contributed by atoms with van der Waals surface area (Å²) in [4.78, 5) is 25.7. The van der Waals surface area contributed by atoms with Crippen LogP contribution in [0.3, 0.4) is 0 Å². The van der Waals surface area contributed by atoms with Gasteiger partial charge in [-0.3, -0.25) is 9.18 Å². The Bertz CT molecular complexity index is 1060. The molecule has 4 unspecified atom stereocenters. The molecular formula is C22H28F3N3O3. The third kappa shape index (κ3) is 4.15. The van der Waals surface area contributed by atoms with Gasteiger partial charge in [0.15, 0.2) is 0 Å². The van der Waals surface area contributed by atoms with Gasteiger partial charge in [0.05, 0.1) is 23.9 Å². The molecule has 1 saturated heterocycles. The van der Waals surface area contributed by atoms with Crippen molar-refractivity contribution in [3.05, 3.63) is 39.4 Å². The van der Waals surface area contributed by atoms with Gasteiger partial charge in [-0.2, -0.15) is 0 Å². The molecule has 0 bridgehead atoms. The molecule has 4 atom stereocenters. The second kappa shape index (κ2) is 8.90. The van der Waals surface area contributed by atoms with Crippen LogP contribution in [-0.2, 0) is 0 Å². The number of hydrogen-bond acceptors (Lipinski definition) is 4. The summed E-state index contributed by atoms with van der Waals surface area (Å²) in [5, 5.41) is 9.20. The van der Waals surface area contributed by atoms with Crippen LogP contribution in [0, 0.1) is 18.7 Å². The van der Waals surface area contributed by atoms with E-state index in [4.69, 9.17) is 5.73 Å². The normalized spacial score (nSPS) is 24.8. The predicted molar refractivity (Wildman–Crippen MR) is 114 cm³/mol. The van der Waals surface area contributed by atoms with E-state index in [1.807, 2.05) is 0 Å². The first-order chi connectivity index (χ1) is 14.7. The van der Waals surface area contributed by atoms with Crippen LogP contribution >= 0.6 is 0 Å². The summed E-state index contributed by atoms with van der Waals surface area (Å²) in [5.74, 6) is -2.59. The number of halogens is 3. The Morgan fingerprint density at radius 1 is 1.32 bits per heavy atom. The second-order valence-corrected chi connectivity index (χ2v) is 8.32. The highest BCUT2D eigenvalue weighted by molar-refractivity contribution is 5.95. The molecule has 0 spiro atoms. The van der Waals surface area contributed by atoms with Gasteiger partial charge in [0.2, 0.25) is 5.43 Å². The van der Waals surface area contributed by atoms with Gasteiger partial charge in [-0.25, -0.2) is 13.6 Å². The fraction of sp³-hybridized carbons (Fsp3) is 0.545. The largest absolute Gasteiger partial charge is 0.477 e. The summed E-state index contributed by atoms with van der Waals surface area (Å²) in [6, 6.07) is -0.0558. The number of aromatic nitrogens is 1. The number of aromatic carboxylic acids is 1. The fourth-order valence-corrected chi connectivity index (χ4v) is 4.15. The number of nitrogens with zero attached hydrogens (tertiary/aromatic N) is 2. The van der Waals surface area contributed by atoms with Gasteiger partial charge >= 0.3 is 5.97 Å². The van der Waals surface area contributed by atoms with Gasteiger partial charge in [0.1, 0.15) is 17.6 Å². The monoisotopic (exact) mass is 439 g/mol. The minimum atomic E-state index is -1.45. The SMILES string of the molecule is CCC.Cc1c(N2CC(N)C(CF)C2)c(F)cc2c(=O)c(C(=O)O)cn(C3CC3F)c12. The first-order valence-electron chi connectivity index (χ1n) is 10.5. The molecule has 2 aromatic rings. The van der Waals surface area contributed by atoms with Crippen molar-refractivity contribution >= 4 is 22.6 Å². The number of carboxylic acids is 1. The Morgan fingerprint density at radius 2 is 1.94 bits per heavy atom. The number of benzene rings is 1. The number of fused-ring (bicyclic) bond motifs is 1. The van der Waals surface area contributed by atoms with Crippen molar-refractivity contribution in [3.8, 4) is 0 Å². The summed E-state index contributed by atoms with van der Waals surface area (Å²) in [6.07, 6.45) is 1.42. The molecule has 2 aliphatic rings. The third-order valence-electron chi connectivity index (χ3n) is 5.75. The summed E-state index contributed by atoms with van der Waals surface area (Å²) in [7, 11) is 0. The average Bonchev–Trinajstić information content (AvgIpc) is 3.31. The van der Waals surface area contributed by atoms with Crippen LogP contribution in [0.1, 0.15) is 48.7 Å². The number of hydrogen-bond donors (Lipinski definition) is 2. The van der Waals surface area contributed by atoms with E-state index in [1.165, 1.54) is 11.0 Å². The molecule has 6 nitrogen and oxygen atoms in total. The minimum absolute atomic E-state index is 0.108. The first-order valence-corrected chi connectivity index (χ1v) is 10.5. The molecule has 9 heteroatoms. The molecule has 31 heavy (non-hydrogen) atoms. The van der Waals surface area contributed by atoms with E-state index in [1.54, 1.807) is 11.8 Å². The topological polar surface area (TPSA) is 88.6 Å². The number of alkyl halides is 2. The molecule has 170 valence electrons. The lowest BCUT2D eigenvalue weighted by Crippen LogP contribution is -2.30. The van der Waals surface area contributed by atoms with Crippen molar-refractivity contribution in [2.45, 2.75) is 51.9 Å². The summed E-state index contributed by atoms with van der Waals surface area (Å²) >= 11 is 0. The lowest BCUT2D eigenvalue weighted by molar-refractivity contribution is 0.0694. The minimum Gasteiger partial charge on any atom is -0.477 e. The highest BCUT2D eigenvalue weighted by Crippen LogP contribution is 2.43. The van der Waals surface area contributed by atoms with E-state index >= 15 is 0 Å². The van der Waals surface area contributed by atoms with E-state index in [-0.39, 0.29) is 30.6 Å². The number of pyridine rings is 1. The van der Waals surface area contributed by atoms with Gasteiger partial charge in [-0.1, -0.05) is 20.3 Å². The van der Waals surface area contributed by atoms with Gasteiger partial charge < -0.3 is 20.3 Å². The lowest BCUT2D eigenvalue weighted by atomic mass is 10.0. The van der Waals surface area contributed by atoms with Crippen molar-refractivity contribution in [1.82, 2.24) is 4.57 Å². The number of carboxylic acid groups (broad SMARTS) is 1. The molecule has 0 radical (unpaired) electrons. The maximum Gasteiger partial charge on any atom is 0.341 e. The van der Waals surface area contributed by atoms with Gasteiger partial charge in [-0.05, 0) is 18.6 Å². The van der Waals surface area contributed by atoms with Crippen LogP contribution in [0.2, 0.25) is 0 Å². The summed E-state index contributed by atoms with van der Waals surface area (Å²) in [5.41, 5.74) is 5.46. The van der Waals surface area contributed by atoms with E-state index in [0.717, 1.165) is 12.3 Å². The second-order valence-electron chi connectivity index (χ2n) is 8.32. The molecule has 1 aromatic carbocycles. The molecule has 4 rings (SSSR count). The van der Waals surface area contributed by atoms with Crippen LogP contribution < -0.4 is 16.1 Å². The van der Waals surface area contributed by atoms with Crippen LogP contribution in [0.15, 0.2) is 17.1 Å². The first kappa shape index (κ1) is 23.1. The van der Waals surface area contributed by atoms with Crippen LogP contribution in [-0.4, -0.2) is 47.6 Å². The average molecular weight is 439 g/mol. The van der Waals surface area contributed by atoms with Crippen LogP contribution in [0.5, 0.6) is 0 Å². The molecule has 0 amide bonds. The number of anilines is 1. The van der Waals surface area contributed by atoms with Gasteiger partial charge in [0, 0.05) is 43.1 Å². The fourth-order valence-electron chi connectivity index (χ4n) is 4.15. The zero-order valence-corrected chi connectivity index (χ0v) is 17.9. The molecule has 1 aromatic heterocycles. The summed E-state index contributed by atoms with van der Waals surface area (Å²) in [6.45, 7) is 5.71. The maximum absolute atomic E-state index is 15.0. The van der Waals surface area contributed by atoms with E-state index in [0.29, 0.717) is 11.1 Å². The summed E-state index contributed by atoms with van der Waals surface area (Å²) < 4.78 is 43.3. The van der Waals surface area contributed by atoms with E-state index < -0.39 is 53.6 Å². The van der Waals surface area contributed by atoms with Crippen molar-refractivity contribution in [2.24, 2.45) is 11.7 Å². The maximum atomic E-state index is 15.0. The highest BCUT2D eigenvalue weighted by Gasteiger charge is 2.41.